The van der Waals surface area contributed by atoms with Crippen LogP contribution in [0.3, 0.4) is 0 Å². The lowest BCUT2D eigenvalue weighted by molar-refractivity contribution is 0.355. The van der Waals surface area contributed by atoms with Gasteiger partial charge in [0.2, 0.25) is 0 Å². The van der Waals surface area contributed by atoms with E-state index in [-0.39, 0.29) is 0 Å². The van der Waals surface area contributed by atoms with Gasteiger partial charge in [-0.15, -0.1) is 0 Å². The van der Waals surface area contributed by atoms with Crippen LogP contribution in [0.4, 0.5) is 5.82 Å². The monoisotopic (exact) mass is 245 g/mol. The molecule has 0 amide bonds. The van der Waals surface area contributed by atoms with Crippen molar-refractivity contribution in [3.05, 3.63) is 30.5 Å². The Hall–Kier alpha value is -2.30. The first-order chi connectivity index (χ1) is 8.78. The fourth-order valence-corrected chi connectivity index (χ4v) is 1.61. The van der Waals surface area contributed by atoms with Crippen molar-refractivity contribution >= 4 is 5.82 Å². The van der Waals surface area contributed by atoms with Gasteiger partial charge in [-0.25, -0.2) is 9.97 Å². The molecule has 0 fully saturated rings. The van der Waals surface area contributed by atoms with E-state index in [1.807, 2.05) is 31.3 Å². The predicted octanol–water partition coefficient (Wildman–Crippen LogP) is 2.20. The summed E-state index contributed by atoms with van der Waals surface area (Å²) in [4.78, 5) is 8.61. The normalized spacial score (nSPS) is 9.94. The third-order valence-electron chi connectivity index (χ3n) is 2.55. The Morgan fingerprint density at radius 3 is 2.50 bits per heavy atom. The fraction of sp³-hybridized carbons (Fsp3) is 0.231. The zero-order valence-corrected chi connectivity index (χ0v) is 10.6. The number of hydrogen-bond acceptors (Lipinski definition) is 5. The highest BCUT2D eigenvalue weighted by atomic mass is 16.5. The van der Waals surface area contributed by atoms with Crippen LogP contribution in [0.1, 0.15) is 0 Å². The fourth-order valence-electron chi connectivity index (χ4n) is 1.61. The van der Waals surface area contributed by atoms with E-state index >= 15 is 0 Å². The van der Waals surface area contributed by atoms with E-state index in [2.05, 4.69) is 15.3 Å². The van der Waals surface area contributed by atoms with Gasteiger partial charge in [0, 0.05) is 18.8 Å². The third-order valence-corrected chi connectivity index (χ3v) is 2.55. The Balaban J connectivity index is 2.43. The van der Waals surface area contributed by atoms with Crippen LogP contribution in [0.25, 0.3) is 11.4 Å². The van der Waals surface area contributed by atoms with E-state index in [0.717, 1.165) is 11.4 Å². The molecule has 1 N–H and O–H groups in total. The van der Waals surface area contributed by atoms with E-state index in [1.165, 1.54) is 0 Å². The van der Waals surface area contributed by atoms with Crippen molar-refractivity contribution < 1.29 is 9.47 Å². The molecule has 0 atom stereocenters. The van der Waals surface area contributed by atoms with Crippen LogP contribution in [0, 0.1) is 0 Å². The minimum Gasteiger partial charge on any atom is -0.493 e. The van der Waals surface area contributed by atoms with Crippen molar-refractivity contribution in [1.29, 1.82) is 0 Å². The second-order valence-electron chi connectivity index (χ2n) is 3.59. The van der Waals surface area contributed by atoms with Crippen molar-refractivity contribution in [2.75, 3.05) is 26.6 Å². The Labute approximate surface area is 106 Å². The van der Waals surface area contributed by atoms with Gasteiger partial charge >= 0.3 is 0 Å². The van der Waals surface area contributed by atoms with Crippen LogP contribution < -0.4 is 14.8 Å². The van der Waals surface area contributed by atoms with Gasteiger partial charge in [0.15, 0.2) is 17.3 Å². The molecule has 0 spiro atoms. The summed E-state index contributed by atoms with van der Waals surface area (Å²) in [6.07, 6.45) is 1.71. The molecule has 0 aliphatic rings. The van der Waals surface area contributed by atoms with Gasteiger partial charge in [-0.1, -0.05) is 0 Å². The van der Waals surface area contributed by atoms with Gasteiger partial charge in [0.05, 0.1) is 14.2 Å². The zero-order chi connectivity index (χ0) is 13.0. The maximum absolute atomic E-state index is 5.26. The molecule has 0 saturated carbocycles. The number of nitrogens with one attached hydrogen (secondary N) is 1. The lowest BCUT2D eigenvalue weighted by Gasteiger charge is -2.09. The molecule has 0 aliphatic heterocycles. The summed E-state index contributed by atoms with van der Waals surface area (Å²) in [5.41, 5.74) is 0.879. The Bertz CT molecular complexity index is 544. The van der Waals surface area contributed by atoms with Crippen molar-refractivity contribution in [3.63, 3.8) is 0 Å². The van der Waals surface area contributed by atoms with E-state index < -0.39 is 0 Å². The number of nitrogens with zero attached hydrogens (tertiary/aromatic N) is 2. The summed E-state index contributed by atoms with van der Waals surface area (Å²) in [5.74, 6) is 2.76. The molecule has 0 unspecified atom stereocenters. The molecule has 5 nitrogen and oxygen atoms in total. The number of methoxy groups -OCH3 is 2. The molecule has 0 radical (unpaired) electrons. The lowest BCUT2D eigenvalue weighted by atomic mass is 10.2. The Morgan fingerprint density at radius 1 is 1.06 bits per heavy atom. The lowest BCUT2D eigenvalue weighted by Crippen LogP contribution is -1.96. The van der Waals surface area contributed by atoms with Gasteiger partial charge in [-0.3, -0.25) is 0 Å². The van der Waals surface area contributed by atoms with E-state index in [9.17, 15) is 0 Å². The summed E-state index contributed by atoms with van der Waals surface area (Å²) in [5, 5.41) is 2.98. The maximum Gasteiger partial charge on any atom is 0.161 e. The predicted molar refractivity (Wildman–Crippen MR) is 70.1 cm³/mol. The van der Waals surface area contributed by atoms with Gasteiger partial charge in [-0.05, 0) is 24.3 Å². The average molecular weight is 245 g/mol. The van der Waals surface area contributed by atoms with Gasteiger partial charge in [0.25, 0.3) is 0 Å². The van der Waals surface area contributed by atoms with Crippen molar-refractivity contribution in [3.8, 4) is 22.9 Å². The van der Waals surface area contributed by atoms with Gasteiger partial charge in [0.1, 0.15) is 5.82 Å². The van der Waals surface area contributed by atoms with E-state index in [4.69, 9.17) is 9.47 Å². The minimum absolute atomic E-state index is 0.641. The van der Waals surface area contributed by atoms with Crippen LogP contribution in [0.2, 0.25) is 0 Å². The first kappa shape index (κ1) is 12.2. The molecule has 1 heterocycles. The van der Waals surface area contributed by atoms with E-state index in [1.54, 1.807) is 20.4 Å². The number of ether oxygens (including phenoxy) is 2. The largest absolute Gasteiger partial charge is 0.493 e. The average Bonchev–Trinajstić information content (AvgIpc) is 2.46. The van der Waals surface area contributed by atoms with Crippen molar-refractivity contribution in [1.82, 2.24) is 9.97 Å². The number of benzene rings is 1. The molecule has 1 aromatic carbocycles. The van der Waals surface area contributed by atoms with E-state index in [0.29, 0.717) is 17.3 Å². The molecule has 0 bridgehead atoms. The minimum atomic E-state index is 0.641. The summed E-state index contributed by atoms with van der Waals surface area (Å²) in [6, 6.07) is 7.40. The standard InChI is InChI=1S/C13H15N3O2/c1-14-12-6-7-15-13(16-12)9-4-5-10(17-2)11(8-9)18-3/h4-8H,1-3H3,(H,14,15,16). The second kappa shape index (κ2) is 5.35. The highest BCUT2D eigenvalue weighted by molar-refractivity contribution is 5.62. The summed E-state index contributed by atoms with van der Waals surface area (Å²) < 4.78 is 10.5. The zero-order valence-electron chi connectivity index (χ0n) is 10.6. The highest BCUT2D eigenvalue weighted by Gasteiger charge is 2.08. The van der Waals surface area contributed by atoms with Crippen LogP contribution >= 0.6 is 0 Å². The maximum atomic E-state index is 5.26. The van der Waals surface area contributed by atoms with Gasteiger partial charge < -0.3 is 14.8 Å². The molecule has 2 aromatic rings. The molecule has 2 rings (SSSR count). The quantitative estimate of drug-likeness (QED) is 0.895. The Kier molecular flexibility index (Phi) is 3.62. The number of rotatable bonds is 4. The Morgan fingerprint density at radius 2 is 1.83 bits per heavy atom. The molecule has 5 heteroatoms. The molecule has 18 heavy (non-hydrogen) atoms. The third kappa shape index (κ3) is 2.34. The molecule has 94 valence electrons. The molecular weight excluding hydrogens is 230 g/mol. The first-order valence-electron chi connectivity index (χ1n) is 5.51. The molecule has 0 aliphatic carbocycles. The number of hydrogen-bond donors (Lipinski definition) is 1. The second-order valence-corrected chi connectivity index (χ2v) is 3.59. The highest BCUT2D eigenvalue weighted by Crippen LogP contribution is 2.31. The summed E-state index contributed by atoms with van der Waals surface area (Å²) >= 11 is 0. The number of anilines is 1. The van der Waals surface area contributed by atoms with Gasteiger partial charge in [-0.2, -0.15) is 0 Å². The molecule has 1 aromatic heterocycles. The smallest absolute Gasteiger partial charge is 0.161 e. The molecular formula is C13H15N3O2. The summed E-state index contributed by atoms with van der Waals surface area (Å²) in [7, 11) is 5.03. The van der Waals surface area contributed by atoms with Crippen LogP contribution in [0.5, 0.6) is 11.5 Å². The van der Waals surface area contributed by atoms with Crippen LogP contribution in [-0.2, 0) is 0 Å². The van der Waals surface area contributed by atoms with Crippen molar-refractivity contribution in [2.24, 2.45) is 0 Å². The van der Waals surface area contributed by atoms with Crippen molar-refractivity contribution in [2.45, 2.75) is 0 Å². The molecule has 0 saturated heterocycles. The van der Waals surface area contributed by atoms with Crippen LogP contribution in [-0.4, -0.2) is 31.2 Å². The first-order valence-corrected chi connectivity index (χ1v) is 5.51. The SMILES string of the molecule is CNc1ccnc(-c2ccc(OC)c(OC)c2)n1. The topological polar surface area (TPSA) is 56.3 Å². The number of aromatic nitrogens is 2. The summed E-state index contributed by atoms with van der Waals surface area (Å²) in [6.45, 7) is 0. The van der Waals surface area contributed by atoms with Crippen LogP contribution in [0.15, 0.2) is 30.5 Å².